The number of likely N-dealkylation sites (tertiary alicyclic amines) is 1. The molecule has 0 unspecified atom stereocenters. The fraction of sp³-hybridized carbons (Fsp3) is 0.600. The molecule has 1 N–H and O–H groups in total. The van der Waals surface area contributed by atoms with E-state index in [2.05, 4.69) is 11.9 Å². The summed E-state index contributed by atoms with van der Waals surface area (Å²) in [7, 11) is 2.08. The summed E-state index contributed by atoms with van der Waals surface area (Å²) >= 11 is 0. The van der Waals surface area contributed by atoms with Crippen LogP contribution in [0.5, 0.6) is 5.75 Å². The number of amides is 2. The summed E-state index contributed by atoms with van der Waals surface area (Å²) < 4.78 is 0. The van der Waals surface area contributed by atoms with Crippen LogP contribution in [0.15, 0.2) is 12.1 Å². The lowest BCUT2D eigenvalue weighted by Gasteiger charge is -2.37. The quantitative estimate of drug-likeness (QED) is 0.872. The van der Waals surface area contributed by atoms with Gasteiger partial charge in [-0.1, -0.05) is 6.07 Å². The number of nitrogens with zero attached hydrogens (tertiary/aromatic N) is 3. The van der Waals surface area contributed by atoms with Gasteiger partial charge in [0.2, 0.25) is 5.91 Å². The van der Waals surface area contributed by atoms with E-state index in [1.54, 1.807) is 11.0 Å². The summed E-state index contributed by atoms with van der Waals surface area (Å²) in [6, 6.07) is 3.56. The number of piperidine rings is 1. The molecule has 0 aliphatic carbocycles. The highest BCUT2D eigenvalue weighted by atomic mass is 16.3. The number of benzene rings is 1. The molecule has 0 radical (unpaired) electrons. The van der Waals surface area contributed by atoms with Gasteiger partial charge in [0.1, 0.15) is 5.75 Å². The van der Waals surface area contributed by atoms with Crippen molar-refractivity contribution in [2.45, 2.75) is 26.7 Å². The summed E-state index contributed by atoms with van der Waals surface area (Å²) in [5.74, 6) is 0.178. The van der Waals surface area contributed by atoms with Crippen LogP contribution < -0.4 is 0 Å². The summed E-state index contributed by atoms with van der Waals surface area (Å²) in [6.45, 7) is 8.31. The second-order valence-electron chi connectivity index (χ2n) is 7.60. The van der Waals surface area contributed by atoms with E-state index in [1.165, 1.54) is 0 Å². The molecule has 26 heavy (non-hydrogen) atoms. The Morgan fingerprint density at radius 3 is 2.19 bits per heavy atom. The molecule has 0 aromatic heterocycles. The van der Waals surface area contributed by atoms with Gasteiger partial charge in [-0.15, -0.1) is 0 Å². The van der Waals surface area contributed by atoms with Crippen LogP contribution in [-0.2, 0) is 4.79 Å². The Labute approximate surface area is 155 Å². The van der Waals surface area contributed by atoms with Gasteiger partial charge in [-0.25, -0.2) is 0 Å². The van der Waals surface area contributed by atoms with Crippen LogP contribution in [0.2, 0.25) is 0 Å². The van der Waals surface area contributed by atoms with E-state index in [1.807, 2.05) is 24.8 Å². The molecule has 2 aliphatic heterocycles. The first-order chi connectivity index (χ1) is 12.4. The Bertz CT molecular complexity index is 688. The third-order valence-corrected chi connectivity index (χ3v) is 5.88. The third kappa shape index (κ3) is 3.70. The van der Waals surface area contributed by atoms with Gasteiger partial charge in [0, 0.05) is 45.2 Å². The smallest absolute Gasteiger partial charge is 0.257 e. The first-order valence-corrected chi connectivity index (χ1v) is 9.44. The van der Waals surface area contributed by atoms with E-state index >= 15 is 0 Å². The van der Waals surface area contributed by atoms with Gasteiger partial charge in [0.05, 0.1) is 5.56 Å². The first kappa shape index (κ1) is 18.7. The molecule has 1 aromatic rings. The van der Waals surface area contributed by atoms with Gasteiger partial charge in [0.25, 0.3) is 5.91 Å². The molecule has 0 atom stereocenters. The number of aryl methyl sites for hydroxylation is 1. The summed E-state index contributed by atoms with van der Waals surface area (Å²) in [5.41, 5.74) is 2.07. The molecule has 1 aromatic carbocycles. The molecule has 3 rings (SSSR count). The maximum atomic E-state index is 12.8. The number of likely N-dealkylation sites (N-methyl/N-ethyl adjacent to an activating group) is 1. The van der Waals surface area contributed by atoms with Crippen LogP contribution in [-0.4, -0.2) is 77.9 Å². The van der Waals surface area contributed by atoms with Gasteiger partial charge in [-0.05, 0) is 50.9 Å². The molecule has 0 spiro atoms. The minimum absolute atomic E-state index is 0.0100. The standard InChI is InChI=1S/C20H29N3O3/c1-14-4-5-17(18(24)15(14)2)20(26)22-8-6-16(7-9-22)19(25)23-12-10-21(3)11-13-23/h4-5,16,24H,6-13H2,1-3H3. The van der Waals surface area contributed by atoms with Crippen molar-refractivity contribution in [1.29, 1.82) is 0 Å². The zero-order valence-corrected chi connectivity index (χ0v) is 16.0. The van der Waals surface area contributed by atoms with Crippen molar-refractivity contribution in [3.8, 4) is 5.75 Å². The molecule has 2 saturated heterocycles. The molecular formula is C20H29N3O3. The lowest BCUT2D eigenvalue weighted by Crippen LogP contribution is -2.51. The fourth-order valence-corrected chi connectivity index (χ4v) is 3.76. The van der Waals surface area contributed by atoms with Crippen LogP contribution in [0.25, 0.3) is 0 Å². The van der Waals surface area contributed by atoms with Crippen molar-refractivity contribution in [1.82, 2.24) is 14.7 Å². The fourth-order valence-electron chi connectivity index (χ4n) is 3.76. The molecule has 2 heterocycles. The third-order valence-electron chi connectivity index (χ3n) is 5.88. The van der Waals surface area contributed by atoms with E-state index in [0.717, 1.165) is 37.3 Å². The maximum Gasteiger partial charge on any atom is 0.257 e. The number of hydrogen-bond donors (Lipinski definition) is 1. The summed E-state index contributed by atoms with van der Waals surface area (Å²) in [6.07, 6.45) is 1.39. The molecule has 6 nitrogen and oxygen atoms in total. The van der Waals surface area contributed by atoms with E-state index < -0.39 is 0 Å². The number of carbonyl (C=O) groups excluding carboxylic acids is 2. The number of phenolic OH excluding ortho intramolecular Hbond substituents is 1. The zero-order chi connectivity index (χ0) is 18.8. The number of phenols is 1. The summed E-state index contributed by atoms with van der Waals surface area (Å²) in [5, 5.41) is 10.3. The average molecular weight is 359 g/mol. The average Bonchev–Trinajstić information content (AvgIpc) is 2.66. The minimum atomic E-state index is -0.143. The van der Waals surface area contributed by atoms with Gasteiger partial charge < -0.3 is 19.8 Å². The zero-order valence-electron chi connectivity index (χ0n) is 16.0. The number of hydrogen-bond acceptors (Lipinski definition) is 4. The van der Waals surface area contributed by atoms with Crippen LogP contribution in [0.1, 0.15) is 34.3 Å². The second-order valence-corrected chi connectivity index (χ2v) is 7.60. The first-order valence-electron chi connectivity index (χ1n) is 9.44. The van der Waals surface area contributed by atoms with Crippen molar-refractivity contribution >= 4 is 11.8 Å². The minimum Gasteiger partial charge on any atom is -0.507 e. The van der Waals surface area contributed by atoms with Crippen LogP contribution in [0.3, 0.4) is 0 Å². The number of aromatic hydroxyl groups is 1. The topological polar surface area (TPSA) is 64.1 Å². The summed E-state index contributed by atoms with van der Waals surface area (Å²) in [4.78, 5) is 31.4. The highest BCUT2D eigenvalue weighted by Gasteiger charge is 2.32. The van der Waals surface area contributed by atoms with E-state index in [9.17, 15) is 14.7 Å². The monoisotopic (exact) mass is 359 g/mol. The predicted molar refractivity (Wildman–Crippen MR) is 100 cm³/mol. The van der Waals surface area contributed by atoms with Crippen LogP contribution in [0.4, 0.5) is 0 Å². The Morgan fingerprint density at radius 2 is 1.58 bits per heavy atom. The normalized spacial score (nSPS) is 19.7. The van der Waals surface area contributed by atoms with Crippen molar-refractivity contribution in [2.24, 2.45) is 5.92 Å². The van der Waals surface area contributed by atoms with Crippen LogP contribution in [0, 0.1) is 19.8 Å². The van der Waals surface area contributed by atoms with E-state index in [0.29, 0.717) is 31.5 Å². The molecule has 142 valence electrons. The van der Waals surface area contributed by atoms with Crippen molar-refractivity contribution in [2.75, 3.05) is 46.3 Å². The molecule has 2 amide bonds. The van der Waals surface area contributed by atoms with Crippen molar-refractivity contribution in [3.63, 3.8) is 0 Å². The Morgan fingerprint density at radius 1 is 0.962 bits per heavy atom. The van der Waals surface area contributed by atoms with E-state index in [4.69, 9.17) is 0 Å². The molecule has 2 aliphatic rings. The highest BCUT2D eigenvalue weighted by Crippen LogP contribution is 2.28. The lowest BCUT2D eigenvalue weighted by atomic mass is 9.94. The predicted octanol–water partition coefficient (Wildman–Crippen LogP) is 1.64. The van der Waals surface area contributed by atoms with Gasteiger partial charge >= 0.3 is 0 Å². The van der Waals surface area contributed by atoms with Gasteiger partial charge in [0.15, 0.2) is 0 Å². The molecule has 6 heteroatoms. The SMILES string of the molecule is Cc1ccc(C(=O)N2CCC(C(=O)N3CCN(C)CC3)CC2)c(O)c1C. The largest absolute Gasteiger partial charge is 0.507 e. The van der Waals surface area contributed by atoms with Gasteiger partial charge in [-0.2, -0.15) is 0 Å². The van der Waals surface area contributed by atoms with Crippen molar-refractivity contribution < 1.29 is 14.7 Å². The molecular weight excluding hydrogens is 330 g/mol. The van der Waals surface area contributed by atoms with Gasteiger partial charge in [-0.3, -0.25) is 9.59 Å². The molecule has 2 fully saturated rings. The lowest BCUT2D eigenvalue weighted by molar-refractivity contribution is -0.138. The highest BCUT2D eigenvalue weighted by molar-refractivity contribution is 5.97. The number of carbonyl (C=O) groups is 2. The van der Waals surface area contributed by atoms with Crippen molar-refractivity contribution in [3.05, 3.63) is 28.8 Å². The molecule has 0 saturated carbocycles. The molecule has 0 bridgehead atoms. The van der Waals surface area contributed by atoms with E-state index in [-0.39, 0.29) is 23.5 Å². The number of rotatable bonds is 2. The number of piperazine rings is 1. The Balaban J connectivity index is 1.59. The Hall–Kier alpha value is -2.08. The maximum absolute atomic E-state index is 12.8. The second kappa shape index (κ2) is 7.66. The van der Waals surface area contributed by atoms with Crippen LogP contribution >= 0.6 is 0 Å². The Kier molecular flexibility index (Phi) is 5.51.